The van der Waals surface area contributed by atoms with Crippen molar-refractivity contribution in [1.29, 1.82) is 0 Å². The van der Waals surface area contributed by atoms with E-state index in [2.05, 4.69) is 10.3 Å². The highest BCUT2D eigenvalue weighted by Crippen LogP contribution is 2.34. The molecular weight excluding hydrogens is 308 g/mol. The standard InChI is InChI=1S/C13H18N4O6/c1-16(2)6-14-8-3-4-17(12(19)15-8)11-10-9(7(5-18)21-11)22-13(20)23-10/h3-4,6-11,18H,5H2,1-2H3,(H,15,19)/b14-6-/t7-,8?,9?,10?,11-/m1/s1. The van der Waals surface area contributed by atoms with Gasteiger partial charge in [-0.05, 0) is 6.08 Å². The quantitative estimate of drug-likeness (QED) is 0.389. The molecule has 2 saturated heterocycles. The van der Waals surface area contributed by atoms with Crippen LogP contribution < -0.4 is 5.32 Å². The second kappa shape index (κ2) is 6.05. The van der Waals surface area contributed by atoms with Gasteiger partial charge in [0.2, 0.25) is 0 Å². The van der Waals surface area contributed by atoms with Crippen LogP contribution in [0.5, 0.6) is 0 Å². The van der Waals surface area contributed by atoms with Gasteiger partial charge in [0.05, 0.1) is 12.9 Å². The van der Waals surface area contributed by atoms with Gasteiger partial charge in [0.1, 0.15) is 12.3 Å². The second-order valence-electron chi connectivity index (χ2n) is 5.53. The van der Waals surface area contributed by atoms with E-state index in [1.54, 1.807) is 17.3 Å². The van der Waals surface area contributed by atoms with Crippen molar-refractivity contribution in [2.75, 3.05) is 20.7 Å². The average molecular weight is 326 g/mol. The van der Waals surface area contributed by atoms with E-state index in [0.29, 0.717) is 0 Å². The zero-order chi connectivity index (χ0) is 16.6. The molecule has 3 unspecified atom stereocenters. The van der Waals surface area contributed by atoms with Crippen LogP contribution in [0.3, 0.4) is 0 Å². The molecular formula is C13H18N4O6. The number of urea groups is 1. The lowest BCUT2D eigenvalue weighted by Crippen LogP contribution is -2.52. The van der Waals surface area contributed by atoms with Gasteiger partial charge in [-0.3, -0.25) is 4.90 Å². The van der Waals surface area contributed by atoms with E-state index in [4.69, 9.17) is 14.2 Å². The Balaban J connectivity index is 1.73. The lowest BCUT2D eigenvalue weighted by Gasteiger charge is -2.31. The first-order valence-electron chi connectivity index (χ1n) is 7.10. The first-order valence-corrected chi connectivity index (χ1v) is 7.10. The molecule has 0 saturated carbocycles. The number of hydrogen-bond acceptors (Lipinski definition) is 7. The highest BCUT2D eigenvalue weighted by molar-refractivity contribution is 5.78. The van der Waals surface area contributed by atoms with Crippen LogP contribution in [-0.4, -0.2) is 84.8 Å². The Bertz CT molecular complexity index is 551. The summed E-state index contributed by atoms with van der Waals surface area (Å²) in [6.45, 7) is -0.344. The fourth-order valence-electron chi connectivity index (χ4n) is 2.58. The van der Waals surface area contributed by atoms with Crippen LogP contribution in [0.1, 0.15) is 0 Å². The van der Waals surface area contributed by atoms with Gasteiger partial charge in [-0.15, -0.1) is 0 Å². The molecule has 23 heavy (non-hydrogen) atoms. The Labute approximate surface area is 132 Å². The molecule has 2 amide bonds. The van der Waals surface area contributed by atoms with Crippen LogP contribution in [0, 0.1) is 0 Å². The third-order valence-corrected chi connectivity index (χ3v) is 3.60. The van der Waals surface area contributed by atoms with Gasteiger partial charge in [0, 0.05) is 20.3 Å². The summed E-state index contributed by atoms with van der Waals surface area (Å²) in [6, 6.07) is -0.446. The van der Waals surface area contributed by atoms with E-state index >= 15 is 0 Å². The van der Waals surface area contributed by atoms with Crippen molar-refractivity contribution in [3.8, 4) is 0 Å². The molecule has 0 aliphatic carbocycles. The molecule has 3 rings (SSSR count). The number of nitrogens with zero attached hydrogens (tertiary/aromatic N) is 3. The van der Waals surface area contributed by atoms with Gasteiger partial charge in [-0.1, -0.05) is 0 Å². The number of rotatable bonds is 4. The van der Waals surface area contributed by atoms with Crippen LogP contribution in [0.4, 0.5) is 9.59 Å². The summed E-state index contributed by atoms with van der Waals surface area (Å²) < 4.78 is 15.6. The maximum Gasteiger partial charge on any atom is 0.509 e. The van der Waals surface area contributed by atoms with Crippen LogP contribution in [-0.2, 0) is 14.2 Å². The molecule has 3 aliphatic rings. The summed E-state index contributed by atoms with van der Waals surface area (Å²) in [6.07, 6.45) is 0.340. The van der Waals surface area contributed by atoms with E-state index in [9.17, 15) is 14.7 Å². The molecule has 0 spiro atoms. The number of ether oxygens (including phenoxy) is 3. The average Bonchev–Trinajstić information content (AvgIpc) is 3.02. The highest BCUT2D eigenvalue weighted by Gasteiger charge is 2.56. The summed E-state index contributed by atoms with van der Waals surface area (Å²) in [4.78, 5) is 30.7. The van der Waals surface area contributed by atoms with E-state index in [1.165, 1.54) is 11.1 Å². The molecule has 0 bridgehead atoms. The Kier molecular flexibility index (Phi) is 4.09. The van der Waals surface area contributed by atoms with E-state index in [1.807, 2.05) is 14.1 Å². The molecule has 2 fully saturated rings. The lowest BCUT2D eigenvalue weighted by atomic mass is 10.1. The number of aliphatic hydroxyl groups excluding tert-OH is 1. The molecule has 0 radical (unpaired) electrons. The molecule has 3 heterocycles. The van der Waals surface area contributed by atoms with Crippen molar-refractivity contribution in [1.82, 2.24) is 15.1 Å². The van der Waals surface area contributed by atoms with E-state index in [-0.39, 0.29) is 6.61 Å². The maximum atomic E-state index is 12.3. The molecule has 10 nitrogen and oxygen atoms in total. The molecule has 5 atom stereocenters. The highest BCUT2D eigenvalue weighted by atomic mass is 16.8. The molecule has 10 heteroatoms. The van der Waals surface area contributed by atoms with E-state index in [0.717, 1.165) is 0 Å². The number of nitrogens with one attached hydrogen (secondary N) is 1. The largest absolute Gasteiger partial charge is 0.509 e. The fraction of sp³-hybridized carbons (Fsp3) is 0.615. The molecule has 0 aromatic rings. The van der Waals surface area contributed by atoms with Crippen LogP contribution in [0.15, 0.2) is 17.3 Å². The van der Waals surface area contributed by atoms with Gasteiger partial charge < -0.3 is 29.5 Å². The molecule has 3 aliphatic heterocycles. The lowest BCUT2D eigenvalue weighted by molar-refractivity contribution is -0.0818. The minimum absolute atomic E-state index is 0.344. The van der Waals surface area contributed by atoms with Crippen molar-refractivity contribution in [2.45, 2.75) is 30.7 Å². The number of amides is 2. The number of fused-ring (bicyclic) bond motifs is 1. The van der Waals surface area contributed by atoms with Gasteiger partial charge in [0.25, 0.3) is 0 Å². The Morgan fingerprint density at radius 1 is 1.39 bits per heavy atom. The van der Waals surface area contributed by atoms with Crippen molar-refractivity contribution in [3.63, 3.8) is 0 Å². The number of carbonyl (C=O) groups excluding carboxylic acids is 2. The number of carbonyl (C=O) groups is 2. The normalized spacial score (nSPS) is 36.0. The van der Waals surface area contributed by atoms with Crippen molar-refractivity contribution in [3.05, 3.63) is 12.3 Å². The smallest absolute Gasteiger partial charge is 0.424 e. The Morgan fingerprint density at radius 2 is 2.13 bits per heavy atom. The summed E-state index contributed by atoms with van der Waals surface area (Å²) in [5.74, 6) is 0. The monoisotopic (exact) mass is 326 g/mol. The fourth-order valence-corrected chi connectivity index (χ4v) is 2.58. The third kappa shape index (κ3) is 2.94. The van der Waals surface area contributed by atoms with Gasteiger partial charge >= 0.3 is 12.2 Å². The first kappa shape index (κ1) is 15.6. The zero-order valence-corrected chi connectivity index (χ0v) is 12.7. The zero-order valence-electron chi connectivity index (χ0n) is 12.7. The Morgan fingerprint density at radius 3 is 2.78 bits per heavy atom. The second-order valence-corrected chi connectivity index (χ2v) is 5.53. The van der Waals surface area contributed by atoms with Crippen molar-refractivity contribution >= 4 is 18.5 Å². The topological polar surface area (TPSA) is 113 Å². The van der Waals surface area contributed by atoms with Gasteiger partial charge in [-0.2, -0.15) is 0 Å². The third-order valence-electron chi connectivity index (χ3n) is 3.60. The van der Waals surface area contributed by atoms with Crippen molar-refractivity contribution in [2.24, 2.45) is 4.99 Å². The predicted molar refractivity (Wildman–Crippen MR) is 76.4 cm³/mol. The Hall–Kier alpha value is -2.33. The van der Waals surface area contributed by atoms with Gasteiger partial charge in [0.15, 0.2) is 18.4 Å². The van der Waals surface area contributed by atoms with Crippen LogP contribution in [0.25, 0.3) is 0 Å². The van der Waals surface area contributed by atoms with E-state index < -0.39 is 42.9 Å². The summed E-state index contributed by atoms with van der Waals surface area (Å²) >= 11 is 0. The SMILES string of the molecule is CN(C)/C=N\C1C=CN([C@@H]2O[C@H](CO)C3OC(=O)OC32)C(=O)N1. The van der Waals surface area contributed by atoms with Crippen LogP contribution >= 0.6 is 0 Å². The maximum absolute atomic E-state index is 12.3. The molecule has 0 aromatic carbocycles. The van der Waals surface area contributed by atoms with Crippen LogP contribution in [0.2, 0.25) is 0 Å². The molecule has 126 valence electrons. The first-order chi connectivity index (χ1) is 11.0. The van der Waals surface area contributed by atoms with Crippen molar-refractivity contribution < 1.29 is 28.9 Å². The number of aliphatic hydroxyl groups is 1. The minimum Gasteiger partial charge on any atom is -0.424 e. The minimum atomic E-state index is -0.862. The number of aliphatic imine (C=N–C) groups is 1. The predicted octanol–water partition coefficient (Wildman–Crippen LogP) is -0.937. The summed E-state index contributed by atoms with van der Waals surface area (Å²) in [5.41, 5.74) is 0. The van der Waals surface area contributed by atoms with Gasteiger partial charge in [-0.25, -0.2) is 14.6 Å². The molecule has 0 aromatic heterocycles. The number of hydrogen-bond donors (Lipinski definition) is 2. The summed E-state index contributed by atoms with van der Waals surface area (Å²) in [7, 11) is 3.64. The molecule has 2 N–H and O–H groups in total. The summed E-state index contributed by atoms with van der Waals surface area (Å²) in [5, 5.41) is 12.0.